The molecule has 3 unspecified atom stereocenters. The van der Waals surface area contributed by atoms with E-state index < -0.39 is 17.7 Å². The maximum absolute atomic E-state index is 9.49. The van der Waals surface area contributed by atoms with E-state index in [0.717, 1.165) is 0 Å². The number of rotatable bonds is 3. The molecule has 1 N–H and O–H groups in total. The minimum Gasteiger partial charge on any atom is -0.390 e. The van der Waals surface area contributed by atoms with Gasteiger partial charge in [-0.15, -0.1) is 0 Å². The fourth-order valence-electron chi connectivity index (χ4n) is 1.74. The summed E-state index contributed by atoms with van der Waals surface area (Å²) in [7, 11) is 3.06. The molecule has 0 aliphatic carbocycles. The predicted molar refractivity (Wildman–Crippen MR) is 47.1 cm³/mol. The SMILES string of the molecule is COC1(OC)OC(C)(C(C)O)C1C. The molecule has 1 heterocycles. The molecule has 0 aromatic heterocycles. The van der Waals surface area contributed by atoms with E-state index in [-0.39, 0.29) is 5.92 Å². The Morgan fingerprint density at radius 3 is 2.08 bits per heavy atom. The van der Waals surface area contributed by atoms with Crippen LogP contribution < -0.4 is 0 Å². The lowest BCUT2D eigenvalue weighted by Gasteiger charge is -2.58. The molecular weight excluding hydrogens is 172 g/mol. The average molecular weight is 190 g/mol. The van der Waals surface area contributed by atoms with Gasteiger partial charge in [0.05, 0.1) is 12.0 Å². The summed E-state index contributed by atoms with van der Waals surface area (Å²) < 4.78 is 15.7. The van der Waals surface area contributed by atoms with Crippen LogP contribution in [0.2, 0.25) is 0 Å². The van der Waals surface area contributed by atoms with Gasteiger partial charge in [0.2, 0.25) is 0 Å². The van der Waals surface area contributed by atoms with Gasteiger partial charge < -0.3 is 19.3 Å². The molecule has 0 aromatic rings. The molecule has 0 bridgehead atoms. The molecule has 0 aromatic carbocycles. The van der Waals surface area contributed by atoms with Gasteiger partial charge in [0.25, 0.3) is 5.97 Å². The highest BCUT2D eigenvalue weighted by Crippen LogP contribution is 2.49. The highest BCUT2D eigenvalue weighted by molar-refractivity contribution is 5.00. The van der Waals surface area contributed by atoms with Crippen molar-refractivity contribution in [2.45, 2.75) is 38.4 Å². The molecule has 1 fully saturated rings. The fraction of sp³-hybridized carbons (Fsp3) is 1.00. The van der Waals surface area contributed by atoms with Gasteiger partial charge >= 0.3 is 0 Å². The molecule has 1 aliphatic heterocycles. The Balaban J connectivity index is 2.74. The van der Waals surface area contributed by atoms with Gasteiger partial charge in [0, 0.05) is 14.2 Å². The van der Waals surface area contributed by atoms with E-state index in [4.69, 9.17) is 14.2 Å². The van der Waals surface area contributed by atoms with Crippen molar-refractivity contribution >= 4 is 0 Å². The molecule has 0 spiro atoms. The molecule has 3 atom stereocenters. The predicted octanol–water partition coefficient (Wildman–Crippen LogP) is 0.739. The third-order valence-electron chi connectivity index (χ3n) is 3.15. The second-order valence-corrected chi connectivity index (χ2v) is 3.70. The number of ether oxygens (including phenoxy) is 3. The van der Waals surface area contributed by atoms with Crippen LogP contribution in [-0.2, 0) is 14.2 Å². The average Bonchev–Trinajstić information content (AvgIpc) is 2.12. The largest absolute Gasteiger partial charge is 0.390 e. The van der Waals surface area contributed by atoms with Crippen LogP contribution in [0.4, 0.5) is 0 Å². The number of aliphatic hydroxyl groups excluding tert-OH is 1. The Morgan fingerprint density at radius 1 is 1.38 bits per heavy atom. The third-order valence-corrected chi connectivity index (χ3v) is 3.15. The topological polar surface area (TPSA) is 47.9 Å². The van der Waals surface area contributed by atoms with Crippen LogP contribution in [0, 0.1) is 5.92 Å². The number of aliphatic hydroxyl groups is 1. The Kier molecular flexibility index (Phi) is 2.69. The molecule has 1 aliphatic rings. The first-order chi connectivity index (χ1) is 5.93. The lowest BCUT2D eigenvalue weighted by atomic mass is 9.78. The van der Waals surface area contributed by atoms with Crippen LogP contribution in [0.25, 0.3) is 0 Å². The standard InChI is InChI=1S/C9H18O4/c1-6-8(3,7(2)10)13-9(6,11-4)12-5/h6-7,10H,1-5H3. The minimum absolute atomic E-state index is 0.00463. The maximum atomic E-state index is 9.49. The van der Waals surface area contributed by atoms with Gasteiger partial charge in [-0.05, 0) is 13.8 Å². The van der Waals surface area contributed by atoms with Crippen LogP contribution in [0.5, 0.6) is 0 Å². The fourth-order valence-corrected chi connectivity index (χ4v) is 1.74. The molecule has 1 rings (SSSR count). The van der Waals surface area contributed by atoms with Crippen LogP contribution in [0.3, 0.4) is 0 Å². The second kappa shape index (κ2) is 3.20. The molecule has 1 saturated heterocycles. The summed E-state index contributed by atoms with van der Waals surface area (Å²) >= 11 is 0. The van der Waals surface area contributed by atoms with Gasteiger partial charge in [0.15, 0.2) is 0 Å². The second-order valence-electron chi connectivity index (χ2n) is 3.70. The van der Waals surface area contributed by atoms with Crippen molar-refractivity contribution in [1.29, 1.82) is 0 Å². The van der Waals surface area contributed by atoms with Crippen LogP contribution in [-0.4, -0.2) is 37.0 Å². The third kappa shape index (κ3) is 1.29. The van der Waals surface area contributed by atoms with E-state index in [2.05, 4.69) is 0 Å². The van der Waals surface area contributed by atoms with Crippen molar-refractivity contribution in [3.63, 3.8) is 0 Å². The van der Waals surface area contributed by atoms with Crippen molar-refractivity contribution in [3.05, 3.63) is 0 Å². The van der Waals surface area contributed by atoms with E-state index in [9.17, 15) is 5.11 Å². The highest BCUT2D eigenvalue weighted by Gasteiger charge is 2.64. The number of hydrogen-bond acceptors (Lipinski definition) is 4. The lowest BCUT2D eigenvalue weighted by molar-refractivity contribution is -0.515. The van der Waals surface area contributed by atoms with Crippen molar-refractivity contribution in [2.24, 2.45) is 5.92 Å². The first-order valence-corrected chi connectivity index (χ1v) is 4.41. The summed E-state index contributed by atoms with van der Waals surface area (Å²) in [6, 6.07) is 0. The van der Waals surface area contributed by atoms with E-state index >= 15 is 0 Å². The Hall–Kier alpha value is -0.160. The van der Waals surface area contributed by atoms with Crippen molar-refractivity contribution in [2.75, 3.05) is 14.2 Å². The van der Waals surface area contributed by atoms with Gasteiger partial charge in [-0.2, -0.15) is 0 Å². The summed E-state index contributed by atoms with van der Waals surface area (Å²) in [4.78, 5) is 0. The van der Waals surface area contributed by atoms with E-state index in [0.29, 0.717) is 0 Å². The van der Waals surface area contributed by atoms with E-state index in [1.165, 1.54) is 14.2 Å². The summed E-state index contributed by atoms with van der Waals surface area (Å²) in [5, 5.41) is 9.49. The van der Waals surface area contributed by atoms with Crippen molar-refractivity contribution in [3.8, 4) is 0 Å². The monoisotopic (exact) mass is 190 g/mol. The normalized spacial score (nSPS) is 39.7. The summed E-state index contributed by atoms with van der Waals surface area (Å²) in [6.07, 6.45) is -0.541. The highest BCUT2D eigenvalue weighted by atomic mass is 16.9. The molecular formula is C9H18O4. The molecule has 78 valence electrons. The van der Waals surface area contributed by atoms with Crippen LogP contribution >= 0.6 is 0 Å². The molecule has 0 saturated carbocycles. The van der Waals surface area contributed by atoms with Crippen molar-refractivity contribution < 1.29 is 19.3 Å². The maximum Gasteiger partial charge on any atom is 0.288 e. The summed E-state index contributed by atoms with van der Waals surface area (Å²) in [5.41, 5.74) is -0.577. The summed E-state index contributed by atoms with van der Waals surface area (Å²) in [6.45, 7) is 5.48. The zero-order valence-electron chi connectivity index (χ0n) is 8.83. The zero-order chi connectivity index (χ0) is 10.3. The Morgan fingerprint density at radius 2 is 1.85 bits per heavy atom. The lowest BCUT2D eigenvalue weighted by Crippen LogP contribution is -2.71. The van der Waals surface area contributed by atoms with E-state index in [1.54, 1.807) is 6.92 Å². The molecule has 0 radical (unpaired) electrons. The van der Waals surface area contributed by atoms with E-state index in [1.807, 2.05) is 13.8 Å². The van der Waals surface area contributed by atoms with Gasteiger partial charge in [-0.25, -0.2) is 0 Å². The Bertz CT molecular complexity index is 184. The van der Waals surface area contributed by atoms with Gasteiger partial charge in [0.1, 0.15) is 5.60 Å². The first kappa shape index (κ1) is 10.9. The number of methoxy groups -OCH3 is 2. The number of hydrogen-bond donors (Lipinski definition) is 1. The first-order valence-electron chi connectivity index (χ1n) is 4.41. The van der Waals surface area contributed by atoms with Gasteiger partial charge in [-0.1, -0.05) is 6.92 Å². The summed E-state index contributed by atoms with van der Waals surface area (Å²) in [5.74, 6) is -0.985. The smallest absolute Gasteiger partial charge is 0.288 e. The quantitative estimate of drug-likeness (QED) is 0.667. The van der Waals surface area contributed by atoms with Crippen molar-refractivity contribution in [1.82, 2.24) is 0 Å². The molecule has 13 heavy (non-hydrogen) atoms. The molecule has 0 amide bonds. The molecule has 4 nitrogen and oxygen atoms in total. The van der Waals surface area contributed by atoms with Gasteiger partial charge in [-0.3, -0.25) is 0 Å². The van der Waals surface area contributed by atoms with Crippen LogP contribution in [0.15, 0.2) is 0 Å². The Labute approximate surface area is 78.8 Å². The zero-order valence-corrected chi connectivity index (χ0v) is 8.83. The minimum atomic E-state index is -0.980. The van der Waals surface area contributed by atoms with Crippen LogP contribution in [0.1, 0.15) is 20.8 Å². The molecule has 4 heteroatoms.